The largest absolute Gasteiger partial charge is 0.314 e. The zero-order valence-electron chi connectivity index (χ0n) is 11.5. The van der Waals surface area contributed by atoms with Crippen molar-refractivity contribution in [2.75, 3.05) is 6.54 Å². The Bertz CT molecular complexity index is 466. The van der Waals surface area contributed by atoms with Gasteiger partial charge in [0.2, 0.25) is 0 Å². The Hall–Kier alpha value is -0.680. The van der Waals surface area contributed by atoms with Crippen molar-refractivity contribution < 1.29 is 0 Å². The number of rotatable bonds is 5. The molecule has 19 heavy (non-hydrogen) atoms. The number of halogens is 1. The van der Waals surface area contributed by atoms with Gasteiger partial charge in [0.25, 0.3) is 5.56 Å². The summed E-state index contributed by atoms with van der Waals surface area (Å²) in [5.74, 6) is 0.783. The highest BCUT2D eigenvalue weighted by Gasteiger charge is 2.12. The Labute approximate surface area is 122 Å². The van der Waals surface area contributed by atoms with E-state index in [4.69, 9.17) is 0 Å². The molecular weight excluding hydrogens is 306 g/mol. The highest BCUT2D eigenvalue weighted by Crippen LogP contribution is 2.17. The minimum Gasteiger partial charge on any atom is -0.314 e. The molecular formula is C14H22BrN3O. The van der Waals surface area contributed by atoms with Crippen molar-refractivity contribution in [2.45, 2.75) is 58.0 Å². The summed E-state index contributed by atoms with van der Waals surface area (Å²) in [5, 5.41) is 3.60. The van der Waals surface area contributed by atoms with Crippen LogP contribution in [-0.4, -0.2) is 22.1 Å². The molecule has 1 heterocycles. The molecule has 0 saturated heterocycles. The van der Waals surface area contributed by atoms with E-state index in [2.05, 4.69) is 26.2 Å². The monoisotopic (exact) mass is 327 g/mol. The van der Waals surface area contributed by atoms with E-state index in [1.807, 2.05) is 6.92 Å². The van der Waals surface area contributed by atoms with Crippen LogP contribution < -0.4 is 10.9 Å². The van der Waals surface area contributed by atoms with E-state index in [0.29, 0.717) is 10.5 Å². The maximum Gasteiger partial charge on any atom is 0.267 e. The SMILES string of the molecule is Cc1ncc(Br)c(=O)n1CCCNC1CCCCC1. The Morgan fingerprint density at radius 2 is 2.16 bits per heavy atom. The Morgan fingerprint density at radius 1 is 1.42 bits per heavy atom. The molecule has 106 valence electrons. The van der Waals surface area contributed by atoms with Crippen molar-refractivity contribution in [3.05, 3.63) is 26.8 Å². The van der Waals surface area contributed by atoms with Crippen LogP contribution in [0.3, 0.4) is 0 Å². The van der Waals surface area contributed by atoms with Crippen LogP contribution in [-0.2, 0) is 6.54 Å². The fourth-order valence-electron chi connectivity index (χ4n) is 2.66. The second-order valence-corrected chi connectivity index (χ2v) is 6.11. The van der Waals surface area contributed by atoms with Crippen molar-refractivity contribution in [3.8, 4) is 0 Å². The highest BCUT2D eigenvalue weighted by molar-refractivity contribution is 9.10. The molecule has 0 unspecified atom stereocenters. The van der Waals surface area contributed by atoms with E-state index in [0.717, 1.165) is 25.3 Å². The molecule has 1 saturated carbocycles. The van der Waals surface area contributed by atoms with Gasteiger partial charge in [-0.15, -0.1) is 0 Å². The van der Waals surface area contributed by atoms with Crippen molar-refractivity contribution in [1.82, 2.24) is 14.9 Å². The van der Waals surface area contributed by atoms with Crippen molar-refractivity contribution >= 4 is 15.9 Å². The molecule has 1 N–H and O–H groups in total. The van der Waals surface area contributed by atoms with Gasteiger partial charge in [0.15, 0.2) is 0 Å². The molecule has 0 bridgehead atoms. The molecule has 1 aliphatic carbocycles. The molecule has 0 amide bonds. The predicted molar refractivity (Wildman–Crippen MR) is 80.4 cm³/mol. The third-order valence-electron chi connectivity index (χ3n) is 3.80. The van der Waals surface area contributed by atoms with E-state index in [9.17, 15) is 4.79 Å². The third kappa shape index (κ3) is 4.14. The van der Waals surface area contributed by atoms with Crippen LogP contribution in [0, 0.1) is 6.92 Å². The van der Waals surface area contributed by atoms with Gasteiger partial charge in [-0.2, -0.15) is 0 Å². The number of aryl methyl sites for hydroxylation is 1. The lowest BCUT2D eigenvalue weighted by atomic mass is 9.95. The zero-order valence-corrected chi connectivity index (χ0v) is 13.1. The van der Waals surface area contributed by atoms with Crippen molar-refractivity contribution in [1.29, 1.82) is 0 Å². The summed E-state index contributed by atoms with van der Waals surface area (Å²) < 4.78 is 2.28. The Kier molecular flexibility index (Phi) is 5.58. The molecule has 0 aliphatic heterocycles. The van der Waals surface area contributed by atoms with Gasteiger partial charge in [-0.1, -0.05) is 19.3 Å². The van der Waals surface area contributed by atoms with Gasteiger partial charge in [-0.25, -0.2) is 4.98 Å². The maximum atomic E-state index is 11.9. The molecule has 1 aromatic heterocycles. The lowest BCUT2D eigenvalue weighted by Gasteiger charge is -2.22. The van der Waals surface area contributed by atoms with Crippen LogP contribution in [0.4, 0.5) is 0 Å². The van der Waals surface area contributed by atoms with E-state index in [-0.39, 0.29) is 5.56 Å². The number of hydrogen-bond acceptors (Lipinski definition) is 3. The molecule has 0 radical (unpaired) electrons. The van der Waals surface area contributed by atoms with E-state index >= 15 is 0 Å². The molecule has 0 atom stereocenters. The second-order valence-electron chi connectivity index (χ2n) is 5.25. The highest BCUT2D eigenvalue weighted by atomic mass is 79.9. The van der Waals surface area contributed by atoms with Crippen LogP contribution in [0.2, 0.25) is 0 Å². The lowest BCUT2D eigenvalue weighted by molar-refractivity contribution is 0.368. The molecule has 0 spiro atoms. The van der Waals surface area contributed by atoms with Crippen LogP contribution >= 0.6 is 15.9 Å². The van der Waals surface area contributed by atoms with Crippen LogP contribution in [0.5, 0.6) is 0 Å². The van der Waals surface area contributed by atoms with E-state index in [1.165, 1.54) is 32.1 Å². The summed E-state index contributed by atoms with van der Waals surface area (Å²) in [7, 11) is 0. The Balaban J connectivity index is 1.79. The lowest BCUT2D eigenvalue weighted by Crippen LogP contribution is -2.33. The van der Waals surface area contributed by atoms with Crippen molar-refractivity contribution in [2.24, 2.45) is 0 Å². The molecule has 1 aromatic rings. The second kappa shape index (κ2) is 7.20. The summed E-state index contributed by atoms with van der Waals surface area (Å²) in [6.45, 7) is 3.59. The number of aromatic nitrogens is 2. The van der Waals surface area contributed by atoms with Gasteiger partial charge >= 0.3 is 0 Å². The van der Waals surface area contributed by atoms with Crippen molar-refractivity contribution in [3.63, 3.8) is 0 Å². The molecule has 2 rings (SSSR count). The van der Waals surface area contributed by atoms with Crippen LogP contribution in [0.15, 0.2) is 15.5 Å². The van der Waals surface area contributed by atoms with E-state index < -0.39 is 0 Å². The van der Waals surface area contributed by atoms with Gasteiger partial charge in [0, 0.05) is 18.8 Å². The number of nitrogens with zero attached hydrogens (tertiary/aromatic N) is 2. The summed E-state index contributed by atoms with van der Waals surface area (Å²) in [4.78, 5) is 16.1. The topological polar surface area (TPSA) is 46.9 Å². The molecule has 1 aliphatic rings. The Morgan fingerprint density at radius 3 is 2.89 bits per heavy atom. The zero-order chi connectivity index (χ0) is 13.7. The average Bonchev–Trinajstić information content (AvgIpc) is 2.43. The number of nitrogens with one attached hydrogen (secondary N) is 1. The molecule has 4 nitrogen and oxygen atoms in total. The maximum absolute atomic E-state index is 11.9. The summed E-state index contributed by atoms with van der Waals surface area (Å²) in [6.07, 6.45) is 9.24. The van der Waals surface area contributed by atoms with Crippen LogP contribution in [0.1, 0.15) is 44.3 Å². The third-order valence-corrected chi connectivity index (χ3v) is 4.35. The minimum absolute atomic E-state index is 0.0187. The first-order chi connectivity index (χ1) is 9.18. The van der Waals surface area contributed by atoms with E-state index in [1.54, 1.807) is 10.8 Å². The number of hydrogen-bond donors (Lipinski definition) is 1. The van der Waals surface area contributed by atoms with Gasteiger partial charge in [0.05, 0.1) is 0 Å². The smallest absolute Gasteiger partial charge is 0.267 e. The normalized spacial score (nSPS) is 16.7. The van der Waals surface area contributed by atoms with Gasteiger partial charge in [0.1, 0.15) is 10.3 Å². The van der Waals surface area contributed by atoms with Gasteiger partial charge in [-0.3, -0.25) is 9.36 Å². The molecule has 0 aromatic carbocycles. The quantitative estimate of drug-likeness (QED) is 0.845. The first-order valence-electron chi connectivity index (χ1n) is 7.14. The standard InChI is InChI=1S/C14H22BrN3O/c1-11-17-10-13(15)14(19)18(11)9-5-8-16-12-6-3-2-4-7-12/h10,12,16H,2-9H2,1H3. The summed E-state index contributed by atoms with van der Waals surface area (Å²) >= 11 is 3.24. The molecule has 5 heteroatoms. The first kappa shape index (κ1) is 14.7. The summed E-state index contributed by atoms with van der Waals surface area (Å²) in [6, 6.07) is 0.687. The summed E-state index contributed by atoms with van der Waals surface area (Å²) in [5.41, 5.74) is 0.0187. The molecule has 1 fully saturated rings. The minimum atomic E-state index is 0.0187. The first-order valence-corrected chi connectivity index (χ1v) is 7.93. The van der Waals surface area contributed by atoms with Gasteiger partial charge in [-0.05, 0) is 48.7 Å². The fraction of sp³-hybridized carbons (Fsp3) is 0.714. The predicted octanol–water partition coefficient (Wildman–Crippen LogP) is 2.63. The average molecular weight is 328 g/mol. The van der Waals surface area contributed by atoms with Gasteiger partial charge < -0.3 is 5.32 Å². The fourth-order valence-corrected chi connectivity index (χ4v) is 2.98. The van der Waals surface area contributed by atoms with Crippen LogP contribution in [0.25, 0.3) is 0 Å².